The van der Waals surface area contributed by atoms with E-state index in [1.54, 1.807) is 0 Å². The number of piperidine rings is 1. The van der Waals surface area contributed by atoms with Gasteiger partial charge in [0, 0.05) is 57.0 Å². The fourth-order valence-corrected chi connectivity index (χ4v) is 7.58. The highest BCUT2D eigenvalue weighted by Gasteiger charge is 2.34. The van der Waals surface area contributed by atoms with Crippen LogP contribution in [0.15, 0.2) is 102 Å². The van der Waals surface area contributed by atoms with E-state index in [1.807, 2.05) is 102 Å². The number of aromatic amines is 1. The second-order valence-electron chi connectivity index (χ2n) is 14.0. The van der Waals surface area contributed by atoms with Crippen molar-refractivity contribution in [3.63, 3.8) is 0 Å². The Morgan fingerprint density at radius 1 is 0.849 bits per heavy atom. The summed E-state index contributed by atoms with van der Waals surface area (Å²) in [6, 6.07) is 31.9. The van der Waals surface area contributed by atoms with Gasteiger partial charge in [0.15, 0.2) is 6.29 Å². The molecule has 0 aliphatic carbocycles. The number of hydrogen-bond donors (Lipinski definition) is 4. The molecule has 2 saturated heterocycles. The minimum atomic E-state index is -0.906. The van der Waals surface area contributed by atoms with Gasteiger partial charge in [0.1, 0.15) is 0 Å². The zero-order valence-electron chi connectivity index (χ0n) is 29.7. The van der Waals surface area contributed by atoms with Crippen LogP contribution in [0.1, 0.15) is 79.2 Å². The average Bonchev–Trinajstić information content (AvgIpc) is 3.53. The molecule has 3 atom stereocenters. The van der Waals surface area contributed by atoms with Crippen LogP contribution >= 0.6 is 0 Å². The van der Waals surface area contributed by atoms with E-state index in [0.29, 0.717) is 19.4 Å². The predicted molar refractivity (Wildman–Crippen MR) is 201 cm³/mol. The van der Waals surface area contributed by atoms with Gasteiger partial charge in [0.05, 0.1) is 29.8 Å². The van der Waals surface area contributed by atoms with Gasteiger partial charge in [-0.15, -0.1) is 0 Å². The van der Waals surface area contributed by atoms with Crippen molar-refractivity contribution in [3.8, 4) is 11.1 Å². The number of aliphatic hydroxyl groups is 1. The first kappa shape index (κ1) is 36.3. The molecular formula is C42H46N4O7. The molecule has 5 aromatic rings. The van der Waals surface area contributed by atoms with Gasteiger partial charge in [0.2, 0.25) is 5.91 Å². The number of fused-ring (bicyclic) bond motifs is 1. The van der Waals surface area contributed by atoms with E-state index in [1.165, 1.54) is 0 Å². The third-order valence-electron chi connectivity index (χ3n) is 10.4. The topological polar surface area (TPSA) is 146 Å². The number of carbonyl (C=O) groups excluding carboxylic acids is 1. The van der Waals surface area contributed by atoms with Crippen LogP contribution in [0, 0.1) is 0 Å². The highest BCUT2D eigenvalue weighted by atomic mass is 16.7. The zero-order valence-corrected chi connectivity index (χ0v) is 29.7. The lowest BCUT2D eigenvalue weighted by atomic mass is 9.97. The van der Waals surface area contributed by atoms with Crippen LogP contribution in [0.2, 0.25) is 0 Å². The van der Waals surface area contributed by atoms with Gasteiger partial charge in [-0.2, -0.15) is 0 Å². The predicted octanol–water partition coefficient (Wildman–Crippen LogP) is 6.24. The van der Waals surface area contributed by atoms with Gasteiger partial charge in [-0.05, 0) is 59.2 Å². The molecule has 1 amide bonds. The molecule has 0 spiro atoms. The Kier molecular flexibility index (Phi) is 11.5. The monoisotopic (exact) mass is 718 g/mol. The smallest absolute Gasteiger partial charge is 0.326 e. The maximum Gasteiger partial charge on any atom is 0.326 e. The summed E-state index contributed by atoms with van der Waals surface area (Å²) >= 11 is 0. The first-order valence-corrected chi connectivity index (χ1v) is 18.4. The summed E-state index contributed by atoms with van der Waals surface area (Å²) in [6.07, 6.45) is 1.99. The lowest BCUT2D eigenvalue weighted by molar-refractivity contribution is -0.253. The van der Waals surface area contributed by atoms with E-state index < -0.39 is 12.3 Å². The number of amides is 1. The number of nitrogens with zero attached hydrogens (tertiary/aromatic N) is 2. The normalized spacial score (nSPS) is 19.7. The second kappa shape index (κ2) is 16.7. The quantitative estimate of drug-likeness (QED) is 0.112. The van der Waals surface area contributed by atoms with Gasteiger partial charge in [-0.3, -0.25) is 14.2 Å². The number of carbonyl (C=O) groups is 2. The Morgan fingerprint density at radius 2 is 1.57 bits per heavy atom. The number of imidazole rings is 1. The number of para-hydroxylation sites is 2. The van der Waals surface area contributed by atoms with Crippen molar-refractivity contribution in [2.24, 2.45) is 0 Å². The number of benzene rings is 4. The summed E-state index contributed by atoms with van der Waals surface area (Å²) in [5.41, 5.74) is 7.49. The molecule has 0 unspecified atom stereocenters. The van der Waals surface area contributed by atoms with Crippen LogP contribution in [-0.4, -0.2) is 62.3 Å². The lowest BCUT2D eigenvalue weighted by Gasteiger charge is -2.40. The summed E-state index contributed by atoms with van der Waals surface area (Å²) in [4.78, 5) is 41.4. The molecule has 2 fully saturated rings. The number of rotatable bonds is 13. The fourth-order valence-electron chi connectivity index (χ4n) is 7.58. The van der Waals surface area contributed by atoms with Crippen molar-refractivity contribution in [1.29, 1.82) is 0 Å². The van der Waals surface area contributed by atoms with E-state index in [-0.39, 0.29) is 49.3 Å². The van der Waals surface area contributed by atoms with Crippen molar-refractivity contribution >= 4 is 22.9 Å². The summed E-state index contributed by atoms with van der Waals surface area (Å²) in [7, 11) is 0. The molecule has 276 valence electrons. The zero-order chi connectivity index (χ0) is 36.7. The first-order chi connectivity index (χ1) is 25.8. The van der Waals surface area contributed by atoms with Gasteiger partial charge in [-0.1, -0.05) is 84.9 Å². The van der Waals surface area contributed by atoms with Crippen molar-refractivity contribution in [3.05, 3.63) is 130 Å². The number of likely N-dealkylation sites (tertiary alicyclic amines) is 1. The van der Waals surface area contributed by atoms with Crippen LogP contribution in [0.25, 0.3) is 22.2 Å². The molecule has 2 aliphatic heterocycles. The number of carboxylic acids is 1. The molecule has 53 heavy (non-hydrogen) atoms. The van der Waals surface area contributed by atoms with E-state index >= 15 is 0 Å². The Labute approximate surface area is 308 Å². The van der Waals surface area contributed by atoms with Crippen LogP contribution in [0.4, 0.5) is 0 Å². The molecule has 4 aromatic carbocycles. The maximum absolute atomic E-state index is 12.9. The van der Waals surface area contributed by atoms with Crippen molar-refractivity contribution in [1.82, 2.24) is 19.8 Å². The molecule has 11 nitrogen and oxygen atoms in total. The molecule has 7 rings (SSSR count). The molecule has 11 heteroatoms. The standard InChI is InChI=1S/C42H46N4O7/c47-27-28-12-14-30(15-13-28)38-24-34(26-45-22-20-33(21-23-45)46-37-9-4-3-8-36(37)44-42(46)51)52-41(53-38)31-18-16-29(17-19-31)35-7-2-1-6-32(35)25-43-39(48)10-5-11-40(49)50/h1-4,6-9,12-19,33-34,38,41,47H,5,10-11,20-27H2,(H,43,48)(H,44,51)(H,49,50)/t34-,38+,41+/m1/s1. The number of aliphatic carboxylic acids is 1. The Morgan fingerprint density at radius 3 is 2.32 bits per heavy atom. The van der Waals surface area contributed by atoms with E-state index in [4.69, 9.17) is 14.6 Å². The third-order valence-corrected chi connectivity index (χ3v) is 10.4. The fraction of sp³-hybridized carbons (Fsp3) is 0.357. The number of aliphatic hydroxyl groups excluding tert-OH is 1. The molecule has 0 bridgehead atoms. The number of ether oxygens (including phenoxy) is 2. The maximum atomic E-state index is 12.9. The van der Waals surface area contributed by atoms with Crippen molar-refractivity contribution in [2.45, 2.75) is 76.2 Å². The average molecular weight is 719 g/mol. The van der Waals surface area contributed by atoms with E-state index in [2.05, 4.69) is 15.2 Å². The molecule has 0 radical (unpaired) electrons. The summed E-state index contributed by atoms with van der Waals surface area (Å²) in [6.45, 7) is 2.78. The molecule has 3 heterocycles. The lowest BCUT2D eigenvalue weighted by Crippen LogP contribution is -2.43. The van der Waals surface area contributed by atoms with E-state index in [0.717, 1.165) is 76.9 Å². The highest BCUT2D eigenvalue weighted by Crippen LogP contribution is 2.39. The van der Waals surface area contributed by atoms with Gasteiger partial charge in [0.25, 0.3) is 0 Å². The number of aromatic nitrogens is 2. The van der Waals surface area contributed by atoms with Crippen LogP contribution in [0.5, 0.6) is 0 Å². The Balaban J connectivity index is 1.04. The minimum absolute atomic E-state index is 0.0184. The number of hydrogen-bond acceptors (Lipinski definition) is 7. The van der Waals surface area contributed by atoms with Crippen molar-refractivity contribution in [2.75, 3.05) is 19.6 Å². The Hall–Kier alpha value is -5.07. The van der Waals surface area contributed by atoms with Gasteiger partial charge < -0.3 is 34.9 Å². The van der Waals surface area contributed by atoms with Crippen molar-refractivity contribution < 1.29 is 29.3 Å². The second-order valence-corrected chi connectivity index (χ2v) is 14.0. The molecular weight excluding hydrogens is 672 g/mol. The first-order valence-electron chi connectivity index (χ1n) is 18.4. The largest absolute Gasteiger partial charge is 0.481 e. The Bertz CT molecular complexity index is 2070. The SMILES string of the molecule is O=C(O)CCCC(=O)NCc1ccccc1-c1ccc([C@H]2O[C@@H](CN3CCC(n4c(=O)[nH]c5ccccc54)CC3)C[C@@H](c3ccc(CO)cc3)O2)cc1. The van der Waals surface area contributed by atoms with Crippen LogP contribution in [-0.2, 0) is 32.2 Å². The van der Waals surface area contributed by atoms with Gasteiger partial charge in [-0.25, -0.2) is 4.79 Å². The number of carboxylic acid groups (broad SMARTS) is 1. The van der Waals surface area contributed by atoms with Crippen LogP contribution in [0.3, 0.4) is 0 Å². The van der Waals surface area contributed by atoms with E-state index in [9.17, 15) is 19.5 Å². The number of nitrogens with one attached hydrogen (secondary N) is 2. The summed E-state index contributed by atoms with van der Waals surface area (Å²) in [5, 5.41) is 21.4. The molecule has 4 N–H and O–H groups in total. The highest BCUT2D eigenvalue weighted by molar-refractivity contribution is 5.77. The third kappa shape index (κ3) is 8.77. The van der Waals surface area contributed by atoms with Gasteiger partial charge >= 0.3 is 11.7 Å². The summed E-state index contributed by atoms with van der Waals surface area (Å²) in [5.74, 6) is -1.08. The molecule has 1 aromatic heterocycles. The number of H-pyrrole nitrogens is 1. The van der Waals surface area contributed by atoms with Crippen LogP contribution < -0.4 is 11.0 Å². The molecule has 0 saturated carbocycles. The molecule has 2 aliphatic rings. The minimum Gasteiger partial charge on any atom is -0.481 e. The summed E-state index contributed by atoms with van der Waals surface area (Å²) < 4.78 is 15.2.